The van der Waals surface area contributed by atoms with E-state index in [0.29, 0.717) is 17.0 Å². The molecule has 1 atom stereocenters. The summed E-state index contributed by atoms with van der Waals surface area (Å²) in [4.78, 5) is 36.5. The van der Waals surface area contributed by atoms with Gasteiger partial charge in [0.25, 0.3) is 21.8 Å². The van der Waals surface area contributed by atoms with Gasteiger partial charge in [-0.1, -0.05) is 24.3 Å². The summed E-state index contributed by atoms with van der Waals surface area (Å²) < 4.78 is 38.0. The average molecular weight is 498 g/mol. The van der Waals surface area contributed by atoms with Crippen LogP contribution in [0.2, 0.25) is 0 Å². The molecule has 10 nitrogen and oxygen atoms in total. The number of sulfonamides is 1. The maximum Gasteiger partial charge on any atom is 0.338 e. The van der Waals surface area contributed by atoms with E-state index in [0.717, 1.165) is 6.07 Å². The Morgan fingerprint density at radius 1 is 0.829 bits per heavy atom. The lowest BCUT2D eigenvalue weighted by Crippen LogP contribution is -2.46. The van der Waals surface area contributed by atoms with Gasteiger partial charge in [-0.15, -0.1) is 0 Å². The van der Waals surface area contributed by atoms with Crippen LogP contribution in [-0.4, -0.2) is 39.4 Å². The summed E-state index contributed by atoms with van der Waals surface area (Å²) in [5.41, 5.74) is 4.97. The van der Waals surface area contributed by atoms with Crippen molar-refractivity contribution in [2.45, 2.75) is 17.9 Å². The monoisotopic (exact) mass is 497 g/mol. The molecule has 0 aliphatic heterocycles. The van der Waals surface area contributed by atoms with Crippen LogP contribution < -0.4 is 20.3 Å². The first-order chi connectivity index (χ1) is 16.7. The number of amides is 2. The van der Waals surface area contributed by atoms with Crippen molar-refractivity contribution in [1.29, 1.82) is 0 Å². The summed E-state index contributed by atoms with van der Waals surface area (Å²) in [5.74, 6) is -1.66. The third-order valence-electron chi connectivity index (χ3n) is 4.71. The molecule has 0 saturated heterocycles. The van der Waals surface area contributed by atoms with Gasteiger partial charge in [0.15, 0.2) is 6.10 Å². The number of nitrogens with one attached hydrogen (secondary N) is 3. The minimum absolute atomic E-state index is 0.0735. The molecule has 3 aromatic rings. The first-order valence-corrected chi connectivity index (χ1v) is 11.8. The summed E-state index contributed by atoms with van der Waals surface area (Å²) in [6.45, 7) is 1.31. The van der Waals surface area contributed by atoms with Crippen LogP contribution in [0.25, 0.3) is 0 Å². The molecule has 3 N–H and O–H groups in total. The molecule has 0 radical (unpaired) electrons. The number of hydrazine groups is 1. The Hall–Kier alpha value is -4.38. The van der Waals surface area contributed by atoms with Gasteiger partial charge in [-0.25, -0.2) is 13.2 Å². The number of methoxy groups -OCH3 is 1. The van der Waals surface area contributed by atoms with Crippen LogP contribution in [0.5, 0.6) is 5.75 Å². The number of ether oxygens (including phenoxy) is 2. The molecule has 182 valence electrons. The Morgan fingerprint density at radius 3 is 2.14 bits per heavy atom. The van der Waals surface area contributed by atoms with Crippen molar-refractivity contribution >= 4 is 33.5 Å². The molecular weight excluding hydrogens is 474 g/mol. The number of carbonyl (C=O) groups is 3. The van der Waals surface area contributed by atoms with Crippen molar-refractivity contribution in [3.05, 3.63) is 90.0 Å². The third kappa shape index (κ3) is 6.81. The smallest absolute Gasteiger partial charge is 0.338 e. The maximum absolute atomic E-state index is 12.7. The molecule has 0 aliphatic carbocycles. The van der Waals surface area contributed by atoms with Crippen molar-refractivity contribution in [3.8, 4) is 5.75 Å². The zero-order valence-corrected chi connectivity index (χ0v) is 19.7. The largest absolute Gasteiger partial charge is 0.497 e. The molecule has 0 spiro atoms. The fraction of sp³-hybridized carbons (Fsp3) is 0.125. The third-order valence-corrected chi connectivity index (χ3v) is 6.09. The molecular formula is C24H23N3O7S. The summed E-state index contributed by atoms with van der Waals surface area (Å²) in [6.07, 6.45) is -1.27. The Balaban J connectivity index is 1.61. The van der Waals surface area contributed by atoms with Gasteiger partial charge in [0.05, 0.1) is 17.6 Å². The van der Waals surface area contributed by atoms with Gasteiger partial charge in [0, 0.05) is 11.3 Å². The van der Waals surface area contributed by atoms with E-state index in [-0.39, 0.29) is 10.5 Å². The Bertz CT molecular complexity index is 1310. The van der Waals surface area contributed by atoms with Gasteiger partial charge in [0.2, 0.25) is 0 Å². The highest BCUT2D eigenvalue weighted by molar-refractivity contribution is 7.92. The highest BCUT2D eigenvalue weighted by Crippen LogP contribution is 2.20. The van der Waals surface area contributed by atoms with Gasteiger partial charge in [-0.3, -0.25) is 25.2 Å². The van der Waals surface area contributed by atoms with Crippen molar-refractivity contribution < 1.29 is 32.3 Å². The van der Waals surface area contributed by atoms with E-state index in [1.165, 1.54) is 44.4 Å². The van der Waals surface area contributed by atoms with Gasteiger partial charge in [0.1, 0.15) is 5.75 Å². The Kier molecular flexibility index (Phi) is 8.05. The van der Waals surface area contributed by atoms with Crippen LogP contribution >= 0.6 is 0 Å². The average Bonchev–Trinajstić information content (AvgIpc) is 2.87. The number of rotatable bonds is 8. The summed E-state index contributed by atoms with van der Waals surface area (Å²) in [5, 5.41) is 0. The normalized spacial score (nSPS) is 11.6. The molecule has 35 heavy (non-hydrogen) atoms. The summed E-state index contributed by atoms with van der Waals surface area (Å²) in [6, 6.07) is 19.7. The van der Waals surface area contributed by atoms with E-state index >= 15 is 0 Å². The van der Waals surface area contributed by atoms with E-state index in [4.69, 9.17) is 9.47 Å². The van der Waals surface area contributed by atoms with E-state index < -0.39 is 33.9 Å². The molecule has 3 rings (SSSR count). The second-order valence-electron chi connectivity index (χ2n) is 7.22. The molecule has 0 saturated carbocycles. The van der Waals surface area contributed by atoms with Crippen LogP contribution in [-0.2, 0) is 19.6 Å². The summed E-state index contributed by atoms with van der Waals surface area (Å²) >= 11 is 0. The first kappa shape index (κ1) is 25.2. The maximum atomic E-state index is 12.7. The van der Waals surface area contributed by atoms with Crippen LogP contribution in [0.4, 0.5) is 5.69 Å². The fourth-order valence-electron chi connectivity index (χ4n) is 2.83. The molecule has 0 bridgehead atoms. The van der Waals surface area contributed by atoms with Gasteiger partial charge in [-0.05, 0) is 61.5 Å². The number of anilines is 1. The van der Waals surface area contributed by atoms with E-state index in [1.54, 1.807) is 42.5 Å². The lowest BCUT2D eigenvalue weighted by Gasteiger charge is -2.14. The Morgan fingerprint density at radius 2 is 1.49 bits per heavy atom. The zero-order valence-electron chi connectivity index (χ0n) is 18.8. The molecule has 0 heterocycles. The number of hydrogen-bond acceptors (Lipinski definition) is 7. The van der Waals surface area contributed by atoms with E-state index in [1.807, 2.05) is 0 Å². The minimum atomic E-state index is -4.00. The van der Waals surface area contributed by atoms with Crippen LogP contribution in [0.1, 0.15) is 27.6 Å². The van der Waals surface area contributed by atoms with Crippen molar-refractivity contribution in [3.63, 3.8) is 0 Å². The minimum Gasteiger partial charge on any atom is -0.497 e. The van der Waals surface area contributed by atoms with Gasteiger partial charge in [-0.2, -0.15) is 0 Å². The van der Waals surface area contributed by atoms with Crippen molar-refractivity contribution in [1.82, 2.24) is 10.9 Å². The quantitative estimate of drug-likeness (QED) is 0.321. The van der Waals surface area contributed by atoms with Crippen LogP contribution in [0.15, 0.2) is 83.8 Å². The number of benzene rings is 3. The molecule has 0 fully saturated rings. The number of hydrogen-bond donors (Lipinski definition) is 3. The predicted octanol–water partition coefficient (Wildman–Crippen LogP) is 2.50. The molecule has 0 unspecified atom stereocenters. The number of esters is 1. The van der Waals surface area contributed by atoms with E-state index in [9.17, 15) is 22.8 Å². The van der Waals surface area contributed by atoms with Gasteiger partial charge < -0.3 is 9.47 Å². The first-order valence-electron chi connectivity index (χ1n) is 10.3. The fourth-order valence-corrected chi connectivity index (χ4v) is 3.93. The van der Waals surface area contributed by atoms with Gasteiger partial charge >= 0.3 is 5.97 Å². The molecule has 2 amide bonds. The number of carbonyl (C=O) groups excluding carboxylic acids is 3. The van der Waals surface area contributed by atoms with Crippen LogP contribution in [0, 0.1) is 0 Å². The predicted molar refractivity (Wildman–Crippen MR) is 127 cm³/mol. The highest BCUT2D eigenvalue weighted by atomic mass is 32.2. The SMILES string of the molecule is COc1ccc(NS(=O)(=O)c2cccc(C(=O)O[C@@H](C)C(=O)NNC(=O)c3ccccc3)c2)cc1. The standard InChI is InChI=1S/C24H23N3O7S/c1-16(22(28)25-26-23(29)17-7-4-3-5-8-17)34-24(30)18-9-6-10-21(15-18)35(31,32)27-19-11-13-20(33-2)14-12-19/h3-16,27H,1-2H3,(H,25,28)(H,26,29)/t16-/m0/s1. The van der Waals surface area contributed by atoms with Crippen molar-refractivity contribution in [2.24, 2.45) is 0 Å². The molecule has 3 aromatic carbocycles. The molecule has 0 aliphatic rings. The second-order valence-corrected chi connectivity index (χ2v) is 8.90. The second kappa shape index (κ2) is 11.2. The molecule has 11 heteroatoms. The zero-order chi connectivity index (χ0) is 25.4. The van der Waals surface area contributed by atoms with Crippen molar-refractivity contribution in [2.75, 3.05) is 11.8 Å². The molecule has 0 aromatic heterocycles. The highest BCUT2D eigenvalue weighted by Gasteiger charge is 2.22. The van der Waals surface area contributed by atoms with Crippen LogP contribution in [0.3, 0.4) is 0 Å². The topological polar surface area (TPSA) is 140 Å². The lowest BCUT2D eigenvalue weighted by atomic mass is 10.2. The van der Waals surface area contributed by atoms with E-state index in [2.05, 4.69) is 15.6 Å². The summed E-state index contributed by atoms with van der Waals surface area (Å²) in [7, 11) is -2.51. The Labute approximate surface area is 202 Å². The lowest BCUT2D eigenvalue weighted by molar-refractivity contribution is -0.129.